The van der Waals surface area contributed by atoms with Gasteiger partial charge >= 0.3 is 0 Å². The number of hydrogen-bond donors (Lipinski definition) is 0. The molecule has 0 aliphatic heterocycles. The molecule has 3 heteroatoms. The fourth-order valence-electron chi connectivity index (χ4n) is 2.51. The number of rotatable bonds is 6. The Morgan fingerprint density at radius 3 is 2.57 bits per heavy atom. The van der Waals surface area contributed by atoms with Gasteiger partial charge in [0.25, 0.3) is 0 Å². The van der Waals surface area contributed by atoms with Crippen molar-refractivity contribution in [2.75, 3.05) is 7.11 Å². The number of carbonyl (C=O) groups excluding carboxylic acids is 1. The van der Waals surface area contributed by atoms with Gasteiger partial charge in [-0.15, -0.1) is 0 Å². The van der Waals surface area contributed by atoms with Crippen LogP contribution < -0.4 is 4.74 Å². The lowest BCUT2D eigenvalue weighted by Crippen LogP contribution is -2.03. The van der Waals surface area contributed by atoms with Crippen molar-refractivity contribution in [3.05, 3.63) is 58.9 Å². The van der Waals surface area contributed by atoms with Crippen LogP contribution in [-0.4, -0.2) is 17.9 Å². The highest BCUT2D eigenvalue weighted by molar-refractivity contribution is 5.95. The molecule has 0 bridgehead atoms. The molecule has 0 aliphatic carbocycles. The van der Waals surface area contributed by atoms with Gasteiger partial charge in [-0.05, 0) is 26.7 Å². The third-order valence-electron chi connectivity index (χ3n) is 3.66. The molecular formula is C18H21NO2. The van der Waals surface area contributed by atoms with Gasteiger partial charge in [-0.2, -0.15) is 0 Å². The zero-order valence-electron chi connectivity index (χ0n) is 12.8. The number of methoxy groups -OCH3 is 1. The second kappa shape index (κ2) is 7.02. The minimum atomic E-state index is 0.187. The monoisotopic (exact) mass is 283 g/mol. The summed E-state index contributed by atoms with van der Waals surface area (Å²) in [7, 11) is 1.68. The first-order valence-electron chi connectivity index (χ1n) is 7.20. The van der Waals surface area contributed by atoms with Crippen LogP contribution in [0.5, 0.6) is 5.75 Å². The van der Waals surface area contributed by atoms with E-state index in [1.165, 1.54) is 0 Å². The highest BCUT2D eigenvalue weighted by Gasteiger charge is 2.10. The maximum Gasteiger partial charge on any atom is 0.162 e. The van der Waals surface area contributed by atoms with E-state index in [9.17, 15) is 4.79 Å². The van der Waals surface area contributed by atoms with Crippen LogP contribution in [0.2, 0.25) is 0 Å². The number of benzene rings is 1. The molecule has 1 heterocycles. The summed E-state index contributed by atoms with van der Waals surface area (Å²) in [4.78, 5) is 16.5. The number of ketones is 1. The predicted octanol–water partition coefficient (Wildman–Crippen LogP) is 3.91. The number of aromatic nitrogens is 1. The number of Topliss-reactive ketones (excluding diaryl/α,β-unsaturated/α-hetero) is 1. The Kier molecular flexibility index (Phi) is 5.09. The van der Waals surface area contributed by atoms with Crippen LogP contribution in [0.1, 0.15) is 40.0 Å². The summed E-state index contributed by atoms with van der Waals surface area (Å²) in [5, 5.41) is 0. The number of aryl methyl sites for hydroxylation is 2. The third-order valence-corrected chi connectivity index (χ3v) is 3.66. The quantitative estimate of drug-likeness (QED) is 0.754. The molecule has 0 N–H and O–H groups in total. The van der Waals surface area contributed by atoms with Gasteiger partial charge in [0, 0.05) is 35.0 Å². The number of nitrogens with zero attached hydrogens (tertiary/aromatic N) is 1. The molecule has 2 rings (SSSR count). The fourth-order valence-corrected chi connectivity index (χ4v) is 2.51. The first-order valence-corrected chi connectivity index (χ1v) is 7.20. The molecule has 0 saturated carbocycles. The molecule has 3 nitrogen and oxygen atoms in total. The lowest BCUT2D eigenvalue weighted by Gasteiger charge is -2.12. The van der Waals surface area contributed by atoms with E-state index in [1.807, 2.05) is 50.4 Å². The highest BCUT2D eigenvalue weighted by atomic mass is 16.5. The standard InChI is InChI=1S/C18H21NO2/c1-13-12-19-16(14(2)18(13)21-3)10-7-11-17(20)15-8-5-4-6-9-15/h4-6,8-9,12H,7,10-11H2,1-3H3. The van der Waals surface area contributed by atoms with Crippen molar-refractivity contribution in [3.8, 4) is 5.75 Å². The normalized spacial score (nSPS) is 10.4. The SMILES string of the molecule is COc1c(C)cnc(CCCC(=O)c2ccccc2)c1C. The molecule has 1 aromatic heterocycles. The Hall–Kier alpha value is -2.16. The van der Waals surface area contributed by atoms with Crippen LogP contribution in [0.15, 0.2) is 36.5 Å². The molecule has 1 aromatic carbocycles. The van der Waals surface area contributed by atoms with Crippen LogP contribution in [0.3, 0.4) is 0 Å². The molecule has 21 heavy (non-hydrogen) atoms. The van der Waals surface area contributed by atoms with Crippen LogP contribution >= 0.6 is 0 Å². The molecule has 0 saturated heterocycles. The smallest absolute Gasteiger partial charge is 0.162 e. The summed E-state index contributed by atoms with van der Waals surface area (Å²) in [6.45, 7) is 4.01. The van der Waals surface area contributed by atoms with E-state index in [-0.39, 0.29) is 5.78 Å². The van der Waals surface area contributed by atoms with Crippen molar-refractivity contribution in [1.29, 1.82) is 0 Å². The second-order valence-electron chi connectivity index (χ2n) is 5.19. The first kappa shape index (κ1) is 15.2. The highest BCUT2D eigenvalue weighted by Crippen LogP contribution is 2.24. The summed E-state index contributed by atoms with van der Waals surface area (Å²) in [6, 6.07) is 9.43. The summed E-state index contributed by atoms with van der Waals surface area (Å²) >= 11 is 0. The molecule has 0 radical (unpaired) electrons. The average Bonchev–Trinajstić information content (AvgIpc) is 2.51. The Morgan fingerprint density at radius 2 is 1.90 bits per heavy atom. The van der Waals surface area contributed by atoms with Crippen LogP contribution in [-0.2, 0) is 6.42 Å². The summed E-state index contributed by atoms with van der Waals surface area (Å²) in [5.74, 6) is 1.08. The van der Waals surface area contributed by atoms with E-state index < -0.39 is 0 Å². The Bertz CT molecular complexity index is 621. The summed E-state index contributed by atoms with van der Waals surface area (Å²) < 4.78 is 5.41. The third kappa shape index (κ3) is 3.69. The Morgan fingerprint density at radius 1 is 1.19 bits per heavy atom. The van der Waals surface area contributed by atoms with Gasteiger partial charge in [0.05, 0.1) is 7.11 Å². The zero-order valence-corrected chi connectivity index (χ0v) is 12.8. The van der Waals surface area contributed by atoms with E-state index in [2.05, 4.69) is 4.98 Å². The largest absolute Gasteiger partial charge is 0.496 e. The van der Waals surface area contributed by atoms with Crippen molar-refractivity contribution < 1.29 is 9.53 Å². The van der Waals surface area contributed by atoms with Gasteiger partial charge in [-0.25, -0.2) is 0 Å². The van der Waals surface area contributed by atoms with Crippen molar-refractivity contribution >= 4 is 5.78 Å². The molecule has 0 unspecified atom stereocenters. The van der Waals surface area contributed by atoms with E-state index in [0.29, 0.717) is 6.42 Å². The minimum absolute atomic E-state index is 0.187. The van der Waals surface area contributed by atoms with Gasteiger partial charge in [0.2, 0.25) is 0 Å². The molecule has 0 spiro atoms. The lowest BCUT2D eigenvalue weighted by atomic mass is 10.0. The molecule has 0 atom stereocenters. The molecule has 0 aliphatic rings. The number of hydrogen-bond acceptors (Lipinski definition) is 3. The summed E-state index contributed by atoms with van der Waals surface area (Å²) in [5.41, 5.74) is 3.91. The molecule has 2 aromatic rings. The molecule has 110 valence electrons. The van der Waals surface area contributed by atoms with Crippen LogP contribution in [0.25, 0.3) is 0 Å². The minimum Gasteiger partial charge on any atom is -0.496 e. The average molecular weight is 283 g/mol. The van der Waals surface area contributed by atoms with Crippen LogP contribution in [0, 0.1) is 13.8 Å². The number of carbonyl (C=O) groups is 1. The first-order chi connectivity index (χ1) is 10.1. The van der Waals surface area contributed by atoms with Gasteiger partial charge in [0.1, 0.15) is 5.75 Å². The number of ether oxygens (including phenoxy) is 1. The topological polar surface area (TPSA) is 39.2 Å². The van der Waals surface area contributed by atoms with E-state index in [4.69, 9.17) is 4.74 Å². The molecule has 0 amide bonds. The van der Waals surface area contributed by atoms with Crippen LogP contribution in [0.4, 0.5) is 0 Å². The fraction of sp³-hybridized carbons (Fsp3) is 0.333. The van der Waals surface area contributed by atoms with Gasteiger partial charge < -0.3 is 4.74 Å². The Labute approximate surface area is 126 Å². The van der Waals surface area contributed by atoms with Crippen molar-refractivity contribution in [2.45, 2.75) is 33.1 Å². The summed E-state index contributed by atoms with van der Waals surface area (Å²) in [6.07, 6.45) is 3.97. The van der Waals surface area contributed by atoms with E-state index in [0.717, 1.165) is 41.0 Å². The van der Waals surface area contributed by atoms with Crippen molar-refractivity contribution in [3.63, 3.8) is 0 Å². The van der Waals surface area contributed by atoms with Gasteiger partial charge in [-0.3, -0.25) is 9.78 Å². The molecule has 0 fully saturated rings. The maximum atomic E-state index is 12.1. The number of pyridine rings is 1. The lowest BCUT2D eigenvalue weighted by molar-refractivity contribution is 0.0980. The predicted molar refractivity (Wildman–Crippen MR) is 84.0 cm³/mol. The van der Waals surface area contributed by atoms with Gasteiger partial charge in [-0.1, -0.05) is 30.3 Å². The van der Waals surface area contributed by atoms with Gasteiger partial charge in [0.15, 0.2) is 5.78 Å². The molecular weight excluding hydrogens is 262 g/mol. The van der Waals surface area contributed by atoms with E-state index in [1.54, 1.807) is 7.11 Å². The van der Waals surface area contributed by atoms with Crippen molar-refractivity contribution in [1.82, 2.24) is 4.98 Å². The second-order valence-corrected chi connectivity index (χ2v) is 5.19. The Balaban J connectivity index is 1.97. The maximum absolute atomic E-state index is 12.1. The van der Waals surface area contributed by atoms with E-state index >= 15 is 0 Å². The zero-order chi connectivity index (χ0) is 15.2. The van der Waals surface area contributed by atoms with Crippen molar-refractivity contribution in [2.24, 2.45) is 0 Å².